The first-order valence-electron chi connectivity index (χ1n) is 6.74. The number of likely N-dealkylation sites (N-methyl/N-ethyl adjacent to an activating group) is 2. The quantitative estimate of drug-likeness (QED) is 0.773. The summed E-state index contributed by atoms with van der Waals surface area (Å²) in [6, 6.07) is 5.15. The van der Waals surface area contributed by atoms with Crippen molar-refractivity contribution in [2.24, 2.45) is 11.5 Å². The Balaban J connectivity index is 2.57. The van der Waals surface area contributed by atoms with Crippen LogP contribution in [0.4, 0.5) is 11.8 Å². The molecule has 2 amide bonds. The van der Waals surface area contributed by atoms with Crippen LogP contribution in [0.15, 0.2) is 18.2 Å². The van der Waals surface area contributed by atoms with Crippen molar-refractivity contribution in [2.45, 2.75) is 0 Å². The van der Waals surface area contributed by atoms with Gasteiger partial charge in [0.25, 0.3) is 0 Å². The standard InChI is InChI=1S/C14H17ClN6O2/c1-20(6-11(16)22)13-9-5-8(15)3-4-10(9)18-14(19-13)21(2)7-12(17)23/h3-5H,6-7H2,1-2H3,(H2,16,22)(H2,17,23). The molecule has 0 bridgehead atoms. The second-order valence-electron chi connectivity index (χ2n) is 5.15. The Labute approximate surface area is 138 Å². The number of rotatable bonds is 6. The van der Waals surface area contributed by atoms with Crippen LogP contribution in [0.1, 0.15) is 0 Å². The lowest BCUT2D eigenvalue weighted by molar-refractivity contribution is -0.117. The highest BCUT2D eigenvalue weighted by Crippen LogP contribution is 2.28. The van der Waals surface area contributed by atoms with Gasteiger partial charge in [-0.15, -0.1) is 0 Å². The summed E-state index contributed by atoms with van der Waals surface area (Å²) in [4.78, 5) is 34.2. The first-order valence-corrected chi connectivity index (χ1v) is 7.12. The second kappa shape index (κ2) is 6.66. The molecule has 1 aromatic heterocycles. The number of aromatic nitrogens is 2. The van der Waals surface area contributed by atoms with Gasteiger partial charge in [-0.2, -0.15) is 4.98 Å². The van der Waals surface area contributed by atoms with Crippen LogP contribution in [-0.4, -0.2) is 49.0 Å². The SMILES string of the molecule is CN(CC(N)=O)c1nc(N(C)CC(N)=O)c2cc(Cl)ccc2n1. The van der Waals surface area contributed by atoms with Crippen LogP contribution in [-0.2, 0) is 9.59 Å². The minimum absolute atomic E-state index is 0.0163. The molecule has 0 spiro atoms. The van der Waals surface area contributed by atoms with Crippen LogP contribution in [0.25, 0.3) is 10.9 Å². The summed E-state index contributed by atoms with van der Waals surface area (Å²) in [5.74, 6) is -0.194. The van der Waals surface area contributed by atoms with Crippen molar-refractivity contribution in [1.82, 2.24) is 9.97 Å². The van der Waals surface area contributed by atoms with Gasteiger partial charge in [-0.3, -0.25) is 9.59 Å². The molecule has 2 rings (SSSR count). The summed E-state index contributed by atoms with van der Waals surface area (Å²) in [6.07, 6.45) is 0. The molecule has 2 aromatic rings. The highest BCUT2D eigenvalue weighted by molar-refractivity contribution is 6.31. The summed E-state index contributed by atoms with van der Waals surface area (Å²) in [7, 11) is 3.34. The highest BCUT2D eigenvalue weighted by Gasteiger charge is 2.16. The molecule has 0 saturated carbocycles. The molecule has 0 aliphatic heterocycles. The molecule has 0 unspecified atom stereocenters. The van der Waals surface area contributed by atoms with E-state index in [1.165, 1.54) is 4.90 Å². The predicted octanol–water partition coefficient (Wildman–Crippen LogP) is 0.126. The summed E-state index contributed by atoms with van der Waals surface area (Å²) in [5.41, 5.74) is 11.1. The highest BCUT2D eigenvalue weighted by atomic mass is 35.5. The Bertz CT molecular complexity index is 766. The van der Waals surface area contributed by atoms with Crippen molar-refractivity contribution in [2.75, 3.05) is 37.0 Å². The number of nitrogens with two attached hydrogens (primary N) is 2. The molecule has 0 aliphatic rings. The Morgan fingerprint density at radius 1 is 1.09 bits per heavy atom. The maximum Gasteiger partial charge on any atom is 0.237 e. The van der Waals surface area contributed by atoms with E-state index in [2.05, 4.69) is 9.97 Å². The van der Waals surface area contributed by atoms with Crippen molar-refractivity contribution in [3.63, 3.8) is 0 Å². The molecule has 0 saturated heterocycles. The van der Waals surface area contributed by atoms with Crippen molar-refractivity contribution < 1.29 is 9.59 Å². The maximum absolute atomic E-state index is 11.2. The third kappa shape index (κ3) is 3.98. The van der Waals surface area contributed by atoms with Gasteiger partial charge < -0.3 is 21.3 Å². The Hall–Kier alpha value is -2.61. The molecule has 9 heteroatoms. The monoisotopic (exact) mass is 336 g/mol. The number of fused-ring (bicyclic) bond motifs is 1. The zero-order chi connectivity index (χ0) is 17.1. The molecule has 0 atom stereocenters. The van der Waals surface area contributed by atoms with Gasteiger partial charge in [-0.05, 0) is 18.2 Å². The van der Waals surface area contributed by atoms with Crippen LogP contribution in [0.3, 0.4) is 0 Å². The molecule has 0 radical (unpaired) electrons. The number of nitrogens with zero attached hydrogens (tertiary/aromatic N) is 4. The number of benzene rings is 1. The molecule has 0 aliphatic carbocycles. The summed E-state index contributed by atoms with van der Waals surface area (Å²) in [6.45, 7) is -0.0460. The number of primary amides is 2. The minimum Gasteiger partial charge on any atom is -0.368 e. The first-order chi connectivity index (χ1) is 10.8. The van der Waals surface area contributed by atoms with Gasteiger partial charge in [-0.1, -0.05) is 11.6 Å². The molecular formula is C14H17ClN6O2. The molecule has 23 heavy (non-hydrogen) atoms. The number of halogens is 1. The lowest BCUT2D eigenvalue weighted by Crippen LogP contribution is -2.33. The zero-order valence-corrected chi connectivity index (χ0v) is 13.5. The number of hydrogen-bond donors (Lipinski definition) is 2. The van der Waals surface area contributed by atoms with Gasteiger partial charge in [0.05, 0.1) is 18.6 Å². The van der Waals surface area contributed by atoms with Crippen LogP contribution in [0.5, 0.6) is 0 Å². The lowest BCUT2D eigenvalue weighted by atomic mass is 10.2. The van der Waals surface area contributed by atoms with Gasteiger partial charge in [0.1, 0.15) is 5.82 Å². The van der Waals surface area contributed by atoms with Gasteiger partial charge in [0.2, 0.25) is 17.8 Å². The molecule has 0 fully saturated rings. The zero-order valence-electron chi connectivity index (χ0n) is 12.8. The first kappa shape index (κ1) is 16.8. The Morgan fingerprint density at radius 2 is 1.70 bits per heavy atom. The number of hydrogen-bond acceptors (Lipinski definition) is 6. The fourth-order valence-electron chi connectivity index (χ4n) is 2.15. The third-order valence-electron chi connectivity index (χ3n) is 3.11. The fraction of sp³-hybridized carbons (Fsp3) is 0.286. The van der Waals surface area contributed by atoms with E-state index in [4.69, 9.17) is 23.1 Å². The Morgan fingerprint density at radius 3 is 2.30 bits per heavy atom. The van der Waals surface area contributed by atoms with Gasteiger partial charge >= 0.3 is 0 Å². The smallest absolute Gasteiger partial charge is 0.237 e. The average Bonchev–Trinajstić information content (AvgIpc) is 2.44. The van der Waals surface area contributed by atoms with Crippen LogP contribution >= 0.6 is 11.6 Å². The van der Waals surface area contributed by atoms with E-state index in [9.17, 15) is 9.59 Å². The van der Waals surface area contributed by atoms with E-state index in [0.717, 1.165) is 0 Å². The van der Waals surface area contributed by atoms with Gasteiger partial charge in [0, 0.05) is 24.5 Å². The molecular weight excluding hydrogens is 320 g/mol. The predicted molar refractivity (Wildman–Crippen MR) is 89.5 cm³/mol. The molecule has 1 heterocycles. The largest absolute Gasteiger partial charge is 0.368 e. The summed E-state index contributed by atoms with van der Waals surface area (Å²) >= 11 is 6.03. The lowest BCUT2D eigenvalue weighted by Gasteiger charge is -2.22. The molecule has 1 aromatic carbocycles. The van der Waals surface area contributed by atoms with Crippen molar-refractivity contribution in [3.05, 3.63) is 23.2 Å². The Kier molecular flexibility index (Phi) is 4.85. The number of anilines is 2. The third-order valence-corrected chi connectivity index (χ3v) is 3.35. The summed E-state index contributed by atoms with van der Waals surface area (Å²) < 4.78 is 0. The van der Waals surface area contributed by atoms with Crippen molar-refractivity contribution in [3.8, 4) is 0 Å². The van der Waals surface area contributed by atoms with Crippen molar-refractivity contribution in [1.29, 1.82) is 0 Å². The van der Waals surface area contributed by atoms with E-state index in [1.54, 1.807) is 37.2 Å². The van der Waals surface area contributed by atoms with Crippen molar-refractivity contribution >= 4 is 46.1 Å². The number of carbonyl (C=O) groups is 2. The van der Waals surface area contributed by atoms with Gasteiger partial charge in [-0.25, -0.2) is 4.98 Å². The minimum atomic E-state index is -0.501. The molecule has 4 N–H and O–H groups in total. The molecule has 8 nitrogen and oxygen atoms in total. The number of carbonyl (C=O) groups excluding carboxylic acids is 2. The normalized spacial score (nSPS) is 10.6. The van der Waals surface area contributed by atoms with E-state index in [0.29, 0.717) is 27.7 Å². The molecule has 122 valence electrons. The van der Waals surface area contributed by atoms with Crippen LogP contribution in [0, 0.1) is 0 Å². The van der Waals surface area contributed by atoms with E-state index in [-0.39, 0.29) is 13.1 Å². The van der Waals surface area contributed by atoms with E-state index < -0.39 is 11.8 Å². The van der Waals surface area contributed by atoms with Gasteiger partial charge in [0.15, 0.2) is 0 Å². The second-order valence-corrected chi connectivity index (χ2v) is 5.59. The fourth-order valence-corrected chi connectivity index (χ4v) is 2.32. The topological polar surface area (TPSA) is 118 Å². The number of amides is 2. The van der Waals surface area contributed by atoms with Crippen LogP contribution in [0.2, 0.25) is 5.02 Å². The van der Waals surface area contributed by atoms with Crippen LogP contribution < -0.4 is 21.3 Å². The summed E-state index contributed by atoms with van der Waals surface area (Å²) in [5, 5.41) is 1.20. The van der Waals surface area contributed by atoms with E-state index >= 15 is 0 Å². The van der Waals surface area contributed by atoms with E-state index in [1.807, 2.05) is 0 Å². The maximum atomic E-state index is 11.2. The average molecular weight is 337 g/mol.